The number of carbonyl (C=O) groups is 1. The molecular weight excluding hydrogens is 444 g/mol. The largest absolute Gasteiger partial charge is 0.298 e. The molecule has 7 nitrogen and oxygen atoms in total. The molecule has 1 amide bonds. The van der Waals surface area contributed by atoms with Crippen LogP contribution in [0.25, 0.3) is 0 Å². The summed E-state index contributed by atoms with van der Waals surface area (Å²) in [4.78, 5) is 20.1. The summed E-state index contributed by atoms with van der Waals surface area (Å²) >= 11 is 1.40. The first-order valence-corrected chi connectivity index (χ1v) is 13.7. The molecule has 2 aliphatic rings. The Bertz CT molecular complexity index is 1060. The van der Waals surface area contributed by atoms with Gasteiger partial charge in [0, 0.05) is 37.1 Å². The average molecular weight is 477 g/mol. The molecule has 1 aromatic heterocycles. The molecule has 9 heteroatoms. The minimum absolute atomic E-state index is 0.175. The van der Waals surface area contributed by atoms with E-state index in [1.54, 1.807) is 12.1 Å². The zero-order chi connectivity index (χ0) is 22.7. The number of hydrogen-bond acceptors (Lipinski definition) is 6. The highest BCUT2D eigenvalue weighted by Gasteiger charge is 2.27. The van der Waals surface area contributed by atoms with E-state index in [-0.39, 0.29) is 10.8 Å². The maximum atomic E-state index is 13.0. The van der Waals surface area contributed by atoms with Gasteiger partial charge < -0.3 is 0 Å². The van der Waals surface area contributed by atoms with E-state index in [0.717, 1.165) is 50.2 Å². The standard InChI is InChI=1S/C23H32N4O3S2/c1-17-7-6-10-26(14-17)15-19-16-31-23(24-19)25-22(28)21-13-20(9-8-18(21)2)32(29,30)27-11-4-3-5-12-27/h8-9,13,16-17H,3-7,10-12,14-15H2,1-2H3,(H,24,25,28). The minimum Gasteiger partial charge on any atom is -0.298 e. The summed E-state index contributed by atoms with van der Waals surface area (Å²) in [7, 11) is -3.59. The summed E-state index contributed by atoms with van der Waals surface area (Å²) in [6, 6.07) is 4.80. The fourth-order valence-electron chi connectivity index (χ4n) is 4.52. The Labute approximate surface area is 194 Å². The van der Waals surface area contributed by atoms with Gasteiger partial charge in [-0.2, -0.15) is 4.31 Å². The van der Waals surface area contributed by atoms with Crippen LogP contribution in [0.3, 0.4) is 0 Å². The van der Waals surface area contributed by atoms with E-state index in [1.807, 2.05) is 12.3 Å². The van der Waals surface area contributed by atoms with Crippen LogP contribution in [0.1, 0.15) is 60.6 Å². The molecule has 2 aliphatic heterocycles. The van der Waals surface area contributed by atoms with Gasteiger partial charge in [-0.1, -0.05) is 19.4 Å². The summed E-state index contributed by atoms with van der Waals surface area (Å²) in [6.07, 6.45) is 5.30. The molecule has 32 heavy (non-hydrogen) atoms. The van der Waals surface area contributed by atoms with Crippen LogP contribution < -0.4 is 5.32 Å². The van der Waals surface area contributed by atoms with Crippen molar-refractivity contribution in [3.63, 3.8) is 0 Å². The van der Waals surface area contributed by atoms with Gasteiger partial charge >= 0.3 is 0 Å². The average Bonchev–Trinajstić information content (AvgIpc) is 3.21. The normalized spacial score (nSPS) is 20.9. The van der Waals surface area contributed by atoms with Crippen LogP contribution in [0.2, 0.25) is 0 Å². The van der Waals surface area contributed by atoms with Crippen LogP contribution in [0.4, 0.5) is 5.13 Å². The maximum Gasteiger partial charge on any atom is 0.257 e. The Morgan fingerprint density at radius 1 is 1.19 bits per heavy atom. The van der Waals surface area contributed by atoms with Crippen molar-refractivity contribution in [1.82, 2.24) is 14.2 Å². The first kappa shape index (κ1) is 23.4. The van der Waals surface area contributed by atoms with Gasteiger partial charge in [-0.05, 0) is 62.8 Å². The monoisotopic (exact) mass is 476 g/mol. The van der Waals surface area contributed by atoms with Crippen molar-refractivity contribution in [3.8, 4) is 0 Å². The van der Waals surface area contributed by atoms with Crippen LogP contribution >= 0.6 is 11.3 Å². The third-order valence-corrected chi connectivity index (χ3v) is 9.01. The van der Waals surface area contributed by atoms with Gasteiger partial charge in [0.15, 0.2) is 5.13 Å². The molecule has 0 saturated carbocycles. The number of aryl methyl sites for hydroxylation is 1. The molecule has 0 aliphatic carbocycles. The molecule has 1 aromatic carbocycles. The number of thiazole rings is 1. The first-order chi connectivity index (χ1) is 15.3. The van der Waals surface area contributed by atoms with E-state index in [1.165, 1.54) is 34.6 Å². The molecule has 2 aromatic rings. The van der Waals surface area contributed by atoms with E-state index >= 15 is 0 Å². The number of carbonyl (C=O) groups excluding carboxylic acids is 1. The van der Waals surface area contributed by atoms with Gasteiger partial charge in [0.05, 0.1) is 10.6 Å². The SMILES string of the molecule is Cc1ccc(S(=O)(=O)N2CCCCC2)cc1C(=O)Nc1nc(CN2CCCC(C)C2)cs1. The number of rotatable bonds is 6. The number of aromatic nitrogens is 1. The number of nitrogens with zero attached hydrogens (tertiary/aromatic N) is 3. The lowest BCUT2D eigenvalue weighted by Gasteiger charge is -2.30. The van der Waals surface area contributed by atoms with Crippen molar-refractivity contribution in [1.29, 1.82) is 0 Å². The predicted octanol–water partition coefficient (Wildman–Crippen LogP) is 4.11. The van der Waals surface area contributed by atoms with E-state index < -0.39 is 10.0 Å². The van der Waals surface area contributed by atoms with Gasteiger partial charge in [0.2, 0.25) is 10.0 Å². The van der Waals surface area contributed by atoms with Crippen LogP contribution in [0.5, 0.6) is 0 Å². The predicted molar refractivity (Wildman–Crippen MR) is 128 cm³/mol. The Kier molecular flexibility index (Phi) is 7.29. The third kappa shape index (κ3) is 5.39. The summed E-state index contributed by atoms with van der Waals surface area (Å²) < 4.78 is 27.6. The summed E-state index contributed by atoms with van der Waals surface area (Å²) in [6.45, 7) is 8.12. The second-order valence-electron chi connectivity index (χ2n) is 9.02. The van der Waals surface area contributed by atoms with Crippen molar-refractivity contribution in [2.45, 2.75) is 57.4 Å². The Hall–Kier alpha value is -1.81. The Morgan fingerprint density at radius 3 is 2.72 bits per heavy atom. The second kappa shape index (κ2) is 9.99. The number of piperidine rings is 2. The van der Waals surface area contributed by atoms with E-state index in [2.05, 4.69) is 22.1 Å². The molecule has 0 radical (unpaired) electrons. The molecule has 2 fully saturated rings. The Balaban J connectivity index is 1.45. The highest BCUT2D eigenvalue weighted by Crippen LogP contribution is 2.25. The molecule has 2 saturated heterocycles. The number of anilines is 1. The molecular formula is C23H32N4O3S2. The number of hydrogen-bond donors (Lipinski definition) is 1. The fraction of sp³-hybridized carbons (Fsp3) is 0.565. The van der Waals surface area contributed by atoms with Crippen molar-refractivity contribution in [3.05, 3.63) is 40.4 Å². The van der Waals surface area contributed by atoms with E-state index in [4.69, 9.17) is 0 Å². The molecule has 1 N–H and O–H groups in total. The zero-order valence-corrected chi connectivity index (χ0v) is 20.5. The van der Waals surface area contributed by atoms with Crippen LogP contribution in [0, 0.1) is 12.8 Å². The molecule has 4 rings (SSSR count). The summed E-state index contributed by atoms with van der Waals surface area (Å²) in [5.41, 5.74) is 2.06. The molecule has 0 spiro atoms. The molecule has 174 valence electrons. The van der Waals surface area contributed by atoms with Crippen LogP contribution in [-0.2, 0) is 16.6 Å². The highest BCUT2D eigenvalue weighted by atomic mass is 32.2. The molecule has 1 unspecified atom stereocenters. The van der Waals surface area contributed by atoms with Gasteiger partial charge in [-0.25, -0.2) is 13.4 Å². The first-order valence-electron chi connectivity index (χ1n) is 11.4. The van der Waals surface area contributed by atoms with Crippen molar-refractivity contribution >= 4 is 32.4 Å². The molecule has 1 atom stereocenters. The fourth-order valence-corrected chi connectivity index (χ4v) is 6.76. The maximum absolute atomic E-state index is 13.0. The summed E-state index contributed by atoms with van der Waals surface area (Å²) in [5, 5.41) is 5.39. The molecule has 3 heterocycles. The van der Waals surface area contributed by atoms with Gasteiger partial charge in [-0.15, -0.1) is 11.3 Å². The smallest absolute Gasteiger partial charge is 0.257 e. The van der Waals surface area contributed by atoms with E-state index in [9.17, 15) is 13.2 Å². The molecule has 0 bridgehead atoms. The third-order valence-electron chi connectivity index (χ3n) is 6.31. The lowest BCUT2D eigenvalue weighted by Crippen LogP contribution is -2.35. The van der Waals surface area contributed by atoms with Crippen LogP contribution in [0.15, 0.2) is 28.5 Å². The number of amides is 1. The topological polar surface area (TPSA) is 82.6 Å². The van der Waals surface area contributed by atoms with E-state index in [0.29, 0.717) is 29.7 Å². The minimum atomic E-state index is -3.59. The number of likely N-dealkylation sites (tertiary alicyclic amines) is 1. The lowest BCUT2D eigenvalue weighted by atomic mass is 10.0. The highest BCUT2D eigenvalue weighted by molar-refractivity contribution is 7.89. The van der Waals surface area contributed by atoms with Crippen molar-refractivity contribution < 1.29 is 13.2 Å². The number of nitrogens with one attached hydrogen (secondary N) is 1. The van der Waals surface area contributed by atoms with Gasteiger partial charge in [0.1, 0.15) is 0 Å². The second-order valence-corrected chi connectivity index (χ2v) is 11.8. The van der Waals surface area contributed by atoms with Crippen LogP contribution in [-0.4, -0.2) is 54.7 Å². The van der Waals surface area contributed by atoms with Gasteiger partial charge in [-0.3, -0.25) is 15.0 Å². The number of benzene rings is 1. The number of sulfonamides is 1. The Morgan fingerprint density at radius 2 is 1.97 bits per heavy atom. The lowest BCUT2D eigenvalue weighted by molar-refractivity contribution is 0.102. The van der Waals surface area contributed by atoms with Crippen molar-refractivity contribution in [2.75, 3.05) is 31.5 Å². The van der Waals surface area contributed by atoms with Crippen molar-refractivity contribution in [2.24, 2.45) is 5.92 Å². The van der Waals surface area contributed by atoms with Gasteiger partial charge in [0.25, 0.3) is 5.91 Å². The zero-order valence-electron chi connectivity index (χ0n) is 18.8. The quantitative estimate of drug-likeness (QED) is 0.678. The summed E-state index contributed by atoms with van der Waals surface area (Å²) in [5.74, 6) is 0.378.